The Morgan fingerprint density at radius 3 is 2.37 bits per heavy atom. The van der Waals surface area contributed by atoms with Gasteiger partial charge in [-0.2, -0.15) is 0 Å². The van der Waals surface area contributed by atoms with Crippen molar-refractivity contribution in [1.29, 1.82) is 0 Å². The number of rotatable bonds is 6. The molecule has 6 nitrogen and oxygen atoms in total. The van der Waals surface area contributed by atoms with Gasteiger partial charge in [0.25, 0.3) is 0 Å². The molecule has 0 radical (unpaired) electrons. The number of sulfonamides is 1. The monoisotopic (exact) mass is 419 g/mol. The minimum atomic E-state index is -3.57. The standard InChI is InChI=1S/C18H18ClNO4S.Na.H2O/c19-16-3-5-17(6-4-16)25(23,24)20-11-13-8-14-2-1-12(10-18(21)22)7-15(14)9-13;;/h1-7,13,20H,8-11H2,(H,21,22);;1H2/q;+1;/p-1. The Bertz CT molecular complexity index is 902. The number of hydrogen-bond acceptors (Lipinski definition) is 4. The van der Waals surface area contributed by atoms with Gasteiger partial charge in [-0.3, -0.25) is 0 Å². The van der Waals surface area contributed by atoms with Gasteiger partial charge in [0, 0.05) is 24.0 Å². The number of nitrogens with one attached hydrogen (secondary N) is 1. The van der Waals surface area contributed by atoms with Crippen LogP contribution < -0.4 is 39.4 Å². The fourth-order valence-corrected chi connectivity index (χ4v) is 4.35. The van der Waals surface area contributed by atoms with Gasteiger partial charge >= 0.3 is 29.6 Å². The number of aliphatic carboxylic acids is 1. The molecule has 140 valence electrons. The first-order valence-corrected chi connectivity index (χ1v) is 9.75. The quantitative estimate of drug-likeness (QED) is 0.521. The Hall–Kier alpha value is -0.930. The van der Waals surface area contributed by atoms with E-state index in [0.717, 1.165) is 24.0 Å². The van der Waals surface area contributed by atoms with Gasteiger partial charge in [0.05, 0.1) is 4.90 Å². The minimum absolute atomic E-state index is 0. The van der Waals surface area contributed by atoms with Crippen LogP contribution in [0, 0.1) is 5.92 Å². The summed E-state index contributed by atoms with van der Waals surface area (Å²) in [5, 5.41) is 11.2. The summed E-state index contributed by atoms with van der Waals surface area (Å²) in [5.74, 6) is -0.958. The first kappa shape index (κ1) is 24.1. The molecule has 0 amide bonds. The first-order valence-electron chi connectivity index (χ1n) is 7.89. The number of hydrogen-bond donors (Lipinski definition) is 1. The largest absolute Gasteiger partial charge is 1.00 e. The number of benzene rings is 2. The molecule has 3 N–H and O–H groups in total. The zero-order valence-corrected chi connectivity index (χ0v) is 18.4. The zero-order valence-electron chi connectivity index (χ0n) is 14.9. The molecule has 0 aliphatic heterocycles. The van der Waals surface area contributed by atoms with Crippen LogP contribution in [-0.2, 0) is 34.1 Å². The average Bonchev–Trinajstić information content (AvgIpc) is 2.95. The predicted octanol–water partition coefficient (Wildman–Crippen LogP) is -2.49. The smallest absolute Gasteiger partial charge is 0.550 e. The third kappa shape index (κ3) is 6.29. The maximum atomic E-state index is 12.3. The third-order valence-corrected chi connectivity index (χ3v) is 6.01. The van der Waals surface area contributed by atoms with Crippen molar-refractivity contribution < 1.29 is 53.4 Å². The van der Waals surface area contributed by atoms with E-state index in [1.807, 2.05) is 12.1 Å². The minimum Gasteiger partial charge on any atom is -0.550 e. The van der Waals surface area contributed by atoms with Crippen molar-refractivity contribution in [2.75, 3.05) is 6.54 Å². The van der Waals surface area contributed by atoms with Crippen LogP contribution in [0.25, 0.3) is 0 Å². The Labute approximate surface area is 185 Å². The summed E-state index contributed by atoms with van der Waals surface area (Å²) in [6.45, 7) is 0.329. The molecule has 0 fully saturated rings. The molecule has 1 unspecified atom stereocenters. The maximum Gasteiger partial charge on any atom is 1.00 e. The summed E-state index contributed by atoms with van der Waals surface area (Å²) in [5.41, 5.74) is 2.92. The molecule has 1 atom stereocenters. The molecular weight excluding hydrogens is 401 g/mol. The second-order valence-electron chi connectivity index (χ2n) is 6.23. The van der Waals surface area contributed by atoms with Gasteiger partial charge in [0.1, 0.15) is 0 Å². The summed E-state index contributed by atoms with van der Waals surface area (Å²) >= 11 is 5.78. The van der Waals surface area contributed by atoms with Crippen LogP contribution >= 0.6 is 11.6 Å². The van der Waals surface area contributed by atoms with Gasteiger partial charge in [0.15, 0.2) is 0 Å². The second-order valence-corrected chi connectivity index (χ2v) is 8.44. The van der Waals surface area contributed by atoms with E-state index in [1.54, 1.807) is 18.2 Å². The van der Waals surface area contributed by atoms with Crippen molar-refractivity contribution in [3.63, 3.8) is 0 Å². The number of carboxylic acid groups (broad SMARTS) is 1. The van der Waals surface area contributed by atoms with E-state index in [0.29, 0.717) is 17.1 Å². The van der Waals surface area contributed by atoms with E-state index in [-0.39, 0.29) is 52.3 Å². The van der Waals surface area contributed by atoms with Gasteiger partial charge in [-0.25, -0.2) is 13.1 Å². The zero-order chi connectivity index (χ0) is 18.0. The molecule has 0 saturated carbocycles. The topological polar surface area (TPSA) is 118 Å². The fraction of sp³-hybridized carbons (Fsp3) is 0.278. The van der Waals surface area contributed by atoms with E-state index in [9.17, 15) is 18.3 Å². The predicted molar refractivity (Wildman–Crippen MR) is 96.3 cm³/mol. The van der Waals surface area contributed by atoms with Gasteiger partial charge in [0.2, 0.25) is 10.0 Å². The molecule has 2 aromatic rings. The molecule has 0 aromatic heterocycles. The van der Waals surface area contributed by atoms with Crippen molar-refractivity contribution in [3.05, 3.63) is 64.2 Å². The molecule has 27 heavy (non-hydrogen) atoms. The SMILES string of the molecule is O.O=C([O-])Cc1ccc2c(c1)CC(CNS(=O)(=O)c1ccc(Cl)cc1)C2.[Na+]. The maximum absolute atomic E-state index is 12.3. The Kier molecular flexibility index (Phi) is 8.95. The van der Waals surface area contributed by atoms with Crippen LogP contribution in [0.4, 0.5) is 0 Å². The van der Waals surface area contributed by atoms with Crippen molar-refractivity contribution in [3.8, 4) is 0 Å². The van der Waals surface area contributed by atoms with Gasteiger partial charge in [-0.15, -0.1) is 0 Å². The number of carbonyl (C=O) groups excluding carboxylic acids is 1. The van der Waals surface area contributed by atoms with Gasteiger partial charge in [-0.05, 0) is 59.7 Å². The molecule has 2 aromatic carbocycles. The first-order chi connectivity index (χ1) is 11.8. The molecule has 0 spiro atoms. The molecule has 0 heterocycles. The summed E-state index contributed by atoms with van der Waals surface area (Å²) in [6.07, 6.45) is 1.38. The van der Waals surface area contributed by atoms with Crippen molar-refractivity contribution >= 4 is 27.6 Å². The van der Waals surface area contributed by atoms with Crippen LogP contribution in [0.2, 0.25) is 5.02 Å². The summed E-state index contributed by atoms with van der Waals surface area (Å²) in [4.78, 5) is 10.9. The average molecular weight is 420 g/mol. The number of fused-ring (bicyclic) bond motifs is 1. The normalized spacial score (nSPS) is 15.4. The van der Waals surface area contributed by atoms with Crippen LogP contribution in [0.5, 0.6) is 0 Å². The third-order valence-electron chi connectivity index (χ3n) is 4.32. The van der Waals surface area contributed by atoms with E-state index in [4.69, 9.17) is 11.6 Å². The van der Waals surface area contributed by atoms with Gasteiger partial charge < -0.3 is 15.4 Å². The van der Waals surface area contributed by atoms with Crippen LogP contribution in [0.3, 0.4) is 0 Å². The number of carboxylic acids is 1. The summed E-state index contributed by atoms with van der Waals surface area (Å²) < 4.78 is 27.3. The summed E-state index contributed by atoms with van der Waals surface area (Å²) in [7, 11) is -3.57. The Morgan fingerprint density at radius 1 is 1.11 bits per heavy atom. The molecular formula is C18H19ClNNaO5S. The molecule has 1 aliphatic carbocycles. The van der Waals surface area contributed by atoms with Crippen LogP contribution in [-0.4, -0.2) is 26.4 Å². The molecule has 0 bridgehead atoms. The van der Waals surface area contributed by atoms with Crippen molar-refractivity contribution in [2.45, 2.75) is 24.2 Å². The second kappa shape index (κ2) is 10.0. The fourth-order valence-electron chi connectivity index (χ4n) is 3.11. The van der Waals surface area contributed by atoms with E-state index in [1.165, 1.54) is 12.1 Å². The summed E-state index contributed by atoms with van der Waals surface area (Å²) in [6, 6.07) is 11.6. The van der Waals surface area contributed by atoms with E-state index < -0.39 is 16.0 Å². The van der Waals surface area contributed by atoms with Crippen molar-refractivity contribution in [1.82, 2.24) is 4.72 Å². The molecule has 9 heteroatoms. The van der Waals surface area contributed by atoms with Crippen LogP contribution in [0.1, 0.15) is 16.7 Å². The van der Waals surface area contributed by atoms with Crippen LogP contribution in [0.15, 0.2) is 47.4 Å². The molecule has 3 rings (SSSR count). The molecule has 0 saturated heterocycles. The van der Waals surface area contributed by atoms with E-state index in [2.05, 4.69) is 4.72 Å². The van der Waals surface area contributed by atoms with Crippen molar-refractivity contribution in [2.24, 2.45) is 5.92 Å². The van der Waals surface area contributed by atoms with Gasteiger partial charge in [-0.1, -0.05) is 29.8 Å². The number of carbonyl (C=O) groups is 1. The van der Waals surface area contributed by atoms with E-state index >= 15 is 0 Å². The number of halogens is 1. The Balaban J connectivity index is 0.00000182. The Morgan fingerprint density at radius 2 is 1.74 bits per heavy atom. The molecule has 1 aliphatic rings.